The van der Waals surface area contributed by atoms with E-state index in [4.69, 9.17) is 11.6 Å². The maximum Gasteiger partial charge on any atom is 0.211 e. The zero-order valence-corrected chi connectivity index (χ0v) is 10.9. The first-order valence-corrected chi connectivity index (χ1v) is 7.59. The summed E-state index contributed by atoms with van der Waals surface area (Å²) in [6.45, 7) is 4.61. The monoisotopic (exact) mass is 253 g/mol. The van der Waals surface area contributed by atoms with Gasteiger partial charge in [-0.25, -0.2) is 13.1 Å². The molecule has 0 radical (unpaired) electrons. The smallest absolute Gasteiger partial charge is 0.211 e. The lowest BCUT2D eigenvalue weighted by Gasteiger charge is -2.30. The van der Waals surface area contributed by atoms with E-state index in [1.54, 1.807) is 0 Å². The van der Waals surface area contributed by atoms with Gasteiger partial charge < -0.3 is 0 Å². The molecule has 1 aliphatic rings. The van der Waals surface area contributed by atoms with Gasteiger partial charge in [0.15, 0.2) is 0 Å². The molecule has 0 unspecified atom stereocenters. The lowest BCUT2D eigenvalue weighted by atomic mass is 9.85. The first kappa shape index (κ1) is 13.3. The highest BCUT2D eigenvalue weighted by Gasteiger charge is 2.28. The number of alkyl halides is 1. The first-order chi connectivity index (χ1) is 6.89. The zero-order chi connectivity index (χ0) is 11.5. The van der Waals surface area contributed by atoms with Gasteiger partial charge in [0.25, 0.3) is 0 Å². The minimum atomic E-state index is -3.06. The van der Waals surface area contributed by atoms with Crippen molar-refractivity contribution in [2.75, 3.05) is 12.3 Å². The summed E-state index contributed by atoms with van der Waals surface area (Å²) in [6.07, 6.45) is 2.60. The number of rotatable bonds is 6. The van der Waals surface area contributed by atoms with E-state index in [2.05, 4.69) is 4.72 Å². The van der Waals surface area contributed by atoms with Gasteiger partial charge in [-0.1, -0.05) is 13.8 Å². The van der Waals surface area contributed by atoms with Crippen LogP contribution in [0.15, 0.2) is 0 Å². The molecule has 0 atom stereocenters. The molecule has 0 amide bonds. The highest BCUT2D eigenvalue weighted by Crippen LogP contribution is 2.31. The molecular formula is C10H20ClNO2S. The summed E-state index contributed by atoms with van der Waals surface area (Å²) in [7, 11) is -3.06. The molecule has 3 nitrogen and oxygen atoms in total. The van der Waals surface area contributed by atoms with Crippen LogP contribution in [0.4, 0.5) is 0 Å². The van der Waals surface area contributed by atoms with Gasteiger partial charge in [0.2, 0.25) is 10.0 Å². The Morgan fingerprint density at radius 2 is 2.00 bits per heavy atom. The maximum absolute atomic E-state index is 11.5. The molecule has 90 valence electrons. The molecule has 1 fully saturated rings. The third-order valence-electron chi connectivity index (χ3n) is 2.73. The van der Waals surface area contributed by atoms with E-state index in [1.165, 1.54) is 0 Å². The average molecular weight is 254 g/mol. The molecule has 1 aliphatic carbocycles. The molecule has 1 N–H and O–H groups in total. The Bertz CT molecular complexity index is 284. The molecule has 0 saturated heterocycles. The third-order valence-corrected chi connectivity index (χ3v) is 4.47. The number of hydrogen-bond donors (Lipinski definition) is 1. The predicted molar refractivity (Wildman–Crippen MR) is 63.6 cm³/mol. The second-order valence-corrected chi connectivity index (χ2v) is 7.33. The summed E-state index contributed by atoms with van der Waals surface area (Å²) in [4.78, 5) is 0. The second-order valence-electron chi connectivity index (χ2n) is 4.78. The first-order valence-electron chi connectivity index (χ1n) is 5.50. The summed E-state index contributed by atoms with van der Waals surface area (Å²) in [6, 6.07) is 0. The fraction of sp³-hybridized carbons (Fsp3) is 1.00. The Balaban J connectivity index is 2.18. The van der Waals surface area contributed by atoms with Gasteiger partial charge in [0, 0.05) is 11.9 Å². The van der Waals surface area contributed by atoms with Crippen molar-refractivity contribution in [1.29, 1.82) is 0 Å². The van der Waals surface area contributed by atoms with Crippen LogP contribution in [0, 0.1) is 11.8 Å². The van der Waals surface area contributed by atoms with Crippen LogP contribution in [-0.4, -0.2) is 26.1 Å². The Hall–Kier alpha value is 0.200. The second kappa shape index (κ2) is 5.51. The minimum Gasteiger partial charge on any atom is -0.215 e. The van der Waals surface area contributed by atoms with Crippen LogP contribution in [0.3, 0.4) is 0 Å². The van der Waals surface area contributed by atoms with Gasteiger partial charge >= 0.3 is 0 Å². The van der Waals surface area contributed by atoms with Crippen LogP contribution in [0.2, 0.25) is 0 Å². The molecule has 0 spiro atoms. The van der Waals surface area contributed by atoms with Crippen LogP contribution in [0.5, 0.6) is 0 Å². The Morgan fingerprint density at radius 1 is 1.40 bits per heavy atom. The van der Waals surface area contributed by atoms with Crippen molar-refractivity contribution in [2.24, 2.45) is 11.8 Å². The van der Waals surface area contributed by atoms with Crippen molar-refractivity contribution in [3.63, 3.8) is 0 Å². The van der Waals surface area contributed by atoms with Crippen molar-refractivity contribution in [3.8, 4) is 0 Å². The van der Waals surface area contributed by atoms with Crippen LogP contribution in [0.25, 0.3) is 0 Å². The van der Waals surface area contributed by atoms with Gasteiger partial charge in [-0.05, 0) is 31.1 Å². The molecular weight excluding hydrogens is 234 g/mol. The van der Waals surface area contributed by atoms with Crippen molar-refractivity contribution in [2.45, 2.75) is 38.5 Å². The van der Waals surface area contributed by atoms with Crippen molar-refractivity contribution < 1.29 is 8.42 Å². The largest absolute Gasteiger partial charge is 0.215 e. The van der Waals surface area contributed by atoms with Gasteiger partial charge in [0.1, 0.15) is 0 Å². The highest BCUT2D eigenvalue weighted by molar-refractivity contribution is 7.89. The minimum absolute atomic E-state index is 0.238. The fourth-order valence-corrected chi connectivity index (χ4v) is 3.45. The summed E-state index contributed by atoms with van der Waals surface area (Å²) in [5.41, 5.74) is 0. The van der Waals surface area contributed by atoms with E-state index in [9.17, 15) is 8.42 Å². The van der Waals surface area contributed by atoms with E-state index < -0.39 is 10.0 Å². The number of halogens is 1. The molecule has 1 saturated carbocycles. The molecule has 15 heavy (non-hydrogen) atoms. The van der Waals surface area contributed by atoms with Crippen molar-refractivity contribution in [3.05, 3.63) is 0 Å². The van der Waals surface area contributed by atoms with Crippen molar-refractivity contribution in [1.82, 2.24) is 4.72 Å². The summed E-state index contributed by atoms with van der Waals surface area (Å²) >= 11 is 5.82. The fourth-order valence-electron chi connectivity index (χ4n) is 1.53. The van der Waals surface area contributed by atoms with E-state index in [1.807, 2.05) is 13.8 Å². The van der Waals surface area contributed by atoms with Crippen LogP contribution < -0.4 is 4.72 Å². The van der Waals surface area contributed by atoms with E-state index in [-0.39, 0.29) is 11.1 Å². The SMILES string of the molecule is CC(C)CCS(=O)(=O)NCC1CC(Cl)C1. The van der Waals surface area contributed by atoms with Crippen LogP contribution in [0.1, 0.15) is 33.1 Å². The lowest BCUT2D eigenvalue weighted by Crippen LogP contribution is -2.37. The molecule has 0 aromatic carbocycles. The Labute approximate surface area is 97.6 Å². The topological polar surface area (TPSA) is 46.2 Å². The zero-order valence-electron chi connectivity index (χ0n) is 9.37. The standard InChI is InChI=1S/C10H20ClNO2S/c1-8(2)3-4-15(13,14)12-7-9-5-10(11)6-9/h8-10,12H,3-7H2,1-2H3. The van der Waals surface area contributed by atoms with E-state index in [0.717, 1.165) is 19.3 Å². The summed E-state index contributed by atoms with van der Waals surface area (Å²) in [5.74, 6) is 1.11. The molecule has 0 aromatic heterocycles. The maximum atomic E-state index is 11.5. The van der Waals surface area contributed by atoms with Gasteiger partial charge in [-0.15, -0.1) is 11.6 Å². The lowest BCUT2D eigenvalue weighted by molar-refractivity contribution is 0.323. The quantitative estimate of drug-likeness (QED) is 0.736. The normalized spacial score (nSPS) is 26.7. The van der Waals surface area contributed by atoms with Crippen LogP contribution in [-0.2, 0) is 10.0 Å². The van der Waals surface area contributed by atoms with Gasteiger partial charge in [-0.2, -0.15) is 0 Å². The molecule has 0 aromatic rings. The van der Waals surface area contributed by atoms with Crippen molar-refractivity contribution >= 4 is 21.6 Å². The van der Waals surface area contributed by atoms with Gasteiger partial charge in [-0.3, -0.25) is 0 Å². The van der Waals surface area contributed by atoms with Gasteiger partial charge in [0.05, 0.1) is 5.75 Å². The predicted octanol–water partition coefficient (Wildman–Crippen LogP) is 1.97. The summed E-state index contributed by atoms with van der Waals surface area (Å²) in [5, 5.41) is 0.259. The number of sulfonamides is 1. The van der Waals surface area contributed by atoms with E-state index in [0.29, 0.717) is 18.4 Å². The number of hydrogen-bond acceptors (Lipinski definition) is 2. The highest BCUT2D eigenvalue weighted by atomic mass is 35.5. The summed E-state index contributed by atoms with van der Waals surface area (Å²) < 4.78 is 25.7. The molecule has 5 heteroatoms. The average Bonchev–Trinajstić information content (AvgIpc) is 2.08. The molecule has 0 aliphatic heterocycles. The van der Waals surface area contributed by atoms with E-state index >= 15 is 0 Å². The third kappa shape index (κ3) is 5.18. The Kier molecular flexibility index (Phi) is 4.87. The van der Waals surface area contributed by atoms with Crippen LogP contribution >= 0.6 is 11.6 Å². The molecule has 0 heterocycles. The molecule has 1 rings (SSSR count). The molecule has 0 bridgehead atoms. The Morgan fingerprint density at radius 3 is 2.47 bits per heavy atom. The number of nitrogens with one attached hydrogen (secondary N) is 1.